The molecule has 8 heteroatoms. The third kappa shape index (κ3) is 2.49. The van der Waals surface area contributed by atoms with Crippen molar-refractivity contribution in [1.82, 2.24) is 10.2 Å². The van der Waals surface area contributed by atoms with E-state index in [0.717, 1.165) is 10.0 Å². The molecule has 1 heterocycles. The summed E-state index contributed by atoms with van der Waals surface area (Å²) in [7, 11) is -3.67. The SMILES string of the molecule is Cc1cc(Br)cc(N)c1NS(=O)(=O)c1cn[nH]c1. The van der Waals surface area contributed by atoms with Crippen molar-refractivity contribution in [2.75, 3.05) is 10.5 Å². The van der Waals surface area contributed by atoms with E-state index in [4.69, 9.17) is 5.73 Å². The predicted octanol–water partition coefficient (Wildman–Crippen LogP) is 1.86. The largest absolute Gasteiger partial charge is 0.397 e. The van der Waals surface area contributed by atoms with E-state index in [0.29, 0.717) is 11.4 Å². The summed E-state index contributed by atoms with van der Waals surface area (Å²) in [5.74, 6) is 0. The molecule has 0 saturated heterocycles. The van der Waals surface area contributed by atoms with Crippen LogP contribution < -0.4 is 10.5 Å². The molecule has 1 aromatic carbocycles. The molecule has 0 aliphatic heterocycles. The second-order valence-electron chi connectivity index (χ2n) is 3.73. The van der Waals surface area contributed by atoms with E-state index in [-0.39, 0.29) is 4.90 Å². The van der Waals surface area contributed by atoms with Crippen LogP contribution in [0.2, 0.25) is 0 Å². The molecule has 2 rings (SSSR count). The molecule has 18 heavy (non-hydrogen) atoms. The number of halogens is 1. The number of benzene rings is 1. The predicted molar refractivity (Wildman–Crippen MR) is 72.7 cm³/mol. The summed E-state index contributed by atoms with van der Waals surface area (Å²) in [5, 5.41) is 6.06. The van der Waals surface area contributed by atoms with Crippen LogP contribution in [-0.2, 0) is 10.0 Å². The zero-order valence-electron chi connectivity index (χ0n) is 9.44. The van der Waals surface area contributed by atoms with Crippen molar-refractivity contribution in [2.45, 2.75) is 11.8 Å². The molecule has 0 fully saturated rings. The van der Waals surface area contributed by atoms with Gasteiger partial charge in [0.25, 0.3) is 10.0 Å². The number of nitrogens with zero attached hydrogens (tertiary/aromatic N) is 1. The number of aromatic nitrogens is 2. The molecule has 0 aliphatic rings. The lowest BCUT2D eigenvalue weighted by Gasteiger charge is -2.12. The molecule has 6 nitrogen and oxygen atoms in total. The number of nitrogens with two attached hydrogens (primary N) is 1. The number of rotatable bonds is 3. The fraction of sp³-hybridized carbons (Fsp3) is 0.100. The van der Waals surface area contributed by atoms with Gasteiger partial charge in [0.1, 0.15) is 4.90 Å². The molecule has 0 amide bonds. The van der Waals surface area contributed by atoms with E-state index in [1.165, 1.54) is 12.4 Å². The number of H-pyrrole nitrogens is 1. The number of nitrogen functional groups attached to an aromatic ring is 1. The topological polar surface area (TPSA) is 101 Å². The number of hydrogen-bond donors (Lipinski definition) is 3. The first-order valence-corrected chi connectivity index (χ1v) is 7.25. The van der Waals surface area contributed by atoms with Crippen LogP contribution in [0.3, 0.4) is 0 Å². The van der Waals surface area contributed by atoms with Crippen LogP contribution in [0.25, 0.3) is 0 Å². The van der Waals surface area contributed by atoms with Gasteiger partial charge in [0.15, 0.2) is 0 Å². The summed E-state index contributed by atoms with van der Waals surface area (Å²) >= 11 is 3.29. The standard InChI is InChI=1S/C10H11BrN4O2S/c1-6-2-7(11)3-9(12)10(6)15-18(16,17)8-4-13-14-5-8/h2-5,15H,12H2,1H3,(H,13,14). The van der Waals surface area contributed by atoms with Crippen LogP contribution in [0.1, 0.15) is 5.56 Å². The average Bonchev–Trinajstić information content (AvgIpc) is 2.77. The van der Waals surface area contributed by atoms with Crippen LogP contribution in [0.4, 0.5) is 11.4 Å². The Balaban J connectivity index is 2.42. The first-order chi connectivity index (χ1) is 8.40. The van der Waals surface area contributed by atoms with E-state index in [2.05, 4.69) is 30.8 Å². The van der Waals surface area contributed by atoms with Crippen LogP contribution in [0.5, 0.6) is 0 Å². The van der Waals surface area contributed by atoms with Gasteiger partial charge in [0.05, 0.1) is 17.6 Å². The quantitative estimate of drug-likeness (QED) is 0.747. The van der Waals surface area contributed by atoms with Crippen molar-refractivity contribution in [2.24, 2.45) is 0 Å². The van der Waals surface area contributed by atoms with Gasteiger partial charge in [-0.05, 0) is 24.6 Å². The molecule has 0 atom stereocenters. The number of sulfonamides is 1. The molecule has 0 radical (unpaired) electrons. The monoisotopic (exact) mass is 330 g/mol. The normalized spacial score (nSPS) is 11.4. The highest BCUT2D eigenvalue weighted by molar-refractivity contribution is 9.10. The van der Waals surface area contributed by atoms with Crippen LogP contribution in [-0.4, -0.2) is 18.6 Å². The molecule has 4 N–H and O–H groups in total. The van der Waals surface area contributed by atoms with Crippen LogP contribution in [0.15, 0.2) is 33.9 Å². The Morgan fingerprint density at radius 1 is 1.44 bits per heavy atom. The van der Waals surface area contributed by atoms with Gasteiger partial charge < -0.3 is 5.73 Å². The zero-order valence-corrected chi connectivity index (χ0v) is 11.8. The molecule has 0 spiro atoms. The van der Waals surface area contributed by atoms with Crippen LogP contribution in [0, 0.1) is 6.92 Å². The minimum Gasteiger partial charge on any atom is -0.397 e. The molecule has 2 aromatic rings. The van der Waals surface area contributed by atoms with E-state index in [1.807, 2.05) is 0 Å². The fourth-order valence-electron chi connectivity index (χ4n) is 1.49. The van der Waals surface area contributed by atoms with Gasteiger partial charge in [-0.15, -0.1) is 0 Å². The Labute approximate surface area is 113 Å². The third-order valence-corrected chi connectivity index (χ3v) is 4.13. The lowest BCUT2D eigenvalue weighted by atomic mass is 10.2. The van der Waals surface area contributed by atoms with Crippen molar-refractivity contribution < 1.29 is 8.42 Å². The average molecular weight is 331 g/mol. The van der Waals surface area contributed by atoms with Crippen molar-refractivity contribution in [3.63, 3.8) is 0 Å². The summed E-state index contributed by atoms with van der Waals surface area (Å²) in [4.78, 5) is 0.0595. The maximum Gasteiger partial charge on any atom is 0.265 e. The summed E-state index contributed by atoms with van der Waals surface area (Å²) in [6, 6.07) is 3.42. The summed E-state index contributed by atoms with van der Waals surface area (Å²) < 4.78 is 27.3. The highest BCUT2D eigenvalue weighted by atomic mass is 79.9. The first kappa shape index (κ1) is 12.9. The molecular weight excluding hydrogens is 320 g/mol. The summed E-state index contributed by atoms with van der Waals surface area (Å²) in [6.45, 7) is 1.77. The van der Waals surface area contributed by atoms with E-state index >= 15 is 0 Å². The van der Waals surface area contributed by atoms with Gasteiger partial charge in [-0.2, -0.15) is 5.10 Å². The molecule has 0 saturated carbocycles. The van der Waals surface area contributed by atoms with Crippen molar-refractivity contribution in [1.29, 1.82) is 0 Å². The molecule has 0 bridgehead atoms. The number of anilines is 2. The Bertz CT molecular complexity index is 644. The number of nitrogens with one attached hydrogen (secondary N) is 2. The second-order valence-corrected chi connectivity index (χ2v) is 6.32. The van der Waals surface area contributed by atoms with Crippen molar-refractivity contribution in [3.8, 4) is 0 Å². The van der Waals surface area contributed by atoms with Gasteiger partial charge in [0.2, 0.25) is 0 Å². The van der Waals surface area contributed by atoms with Gasteiger partial charge >= 0.3 is 0 Å². The van der Waals surface area contributed by atoms with Gasteiger partial charge in [-0.25, -0.2) is 8.42 Å². The first-order valence-electron chi connectivity index (χ1n) is 4.97. The van der Waals surface area contributed by atoms with Crippen molar-refractivity contribution >= 4 is 37.3 Å². The summed E-state index contributed by atoms with van der Waals surface area (Å²) in [5.41, 5.74) is 7.26. The van der Waals surface area contributed by atoms with Gasteiger partial charge in [0, 0.05) is 10.7 Å². The van der Waals surface area contributed by atoms with Crippen molar-refractivity contribution in [3.05, 3.63) is 34.6 Å². The highest BCUT2D eigenvalue weighted by Gasteiger charge is 2.18. The van der Waals surface area contributed by atoms with Gasteiger partial charge in [-0.1, -0.05) is 15.9 Å². The lowest BCUT2D eigenvalue weighted by molar-refractivity contribution is 0.601. The molecule has 0 unspecified atom stereocenters. The van der Waals surface area contributed by atoms with E-state index in [9.17, 15) is 8.42 Å². The Hall–Kier alpha value is -1.54. The minimum absolute atomic E-state index is 0.0595. The number of aryl methyl sites for hydroxylation is 1. The molecule has 0 aliphatic carbocycles. The zero-order chi connectivity index (χ0) is 13.3. The van der Waals surface area contributed by atoms with Crippen LogP contribution >= 0.6 is 15.9 Å². The Morgan fingerprint density at radius 2 is 2.17 bits per heavy atom. The fourth-order valence-corrected chi connectivity index (χ4v) is 3.14. The number of aromatic amines is 1. The maximum absolute atomic E-state index is 12.0. The smallest absolute Gasteiger partial charge is 0.265 e. The second kappa shape index (κ2) is 4.62. The maximum atomic E-state index is 12.0. The Kier molecular flexibility index (Phi) is 3.31. The molecule has 96 valence electrons. The molecular formula is C10H11BrN4O2S. The van der Waals surface area contributed by atoms with Gasteiger partial charge in [-0.3, -0.25) is 9.82 Å². The minimum atomic E-state index is -3.67. The highest BCUT2D eigenvalue weighted by Crippen LogP contribution is 2.29. The number of hydrogen-bond acceptors (Lipinski definition) is 4. The van der Waals surface area contributed by atoms with E-state index in [1.54, 1.807) is 19.1 Å². The lowest BCUT2D eigenvalue weighted by Crippen LogP contribution is -2.14. The Morgan fingerprint density at radius 3 is 2.72 bits per heavy atom. The summed E-state index contributed by atoms with van der Waals surface area (Å²) in [6.07, 6.45) is 2.53. The molecule has 1 aromatic heterocycles. The third-order valence-electron chi connectivity index (χ3n) is 2.35. The van der Waals surface area contributed by atoms with E-state index < -0.39 is 10.0 Å².